The Balaban J connectivity index is 1.87. The first-order valence-electron chi connectivity index (χ1n) is 9.49. The summed E-state index contributed by atoms with van der Waals surface area (Å²) in [7, 11) is 3.39. The molecule has 152 valence electrons. The number of anilines is 1. The normalized spacial score (nSPS) is 15.7. The zero-order chi connectivity index (χ0) is 21.0. The van der Waals surface area contributed by atoms with Crippen LogP contribution in [-0.4, -0.2) is 49.8 Å². The first kappa shape index (κ1) is 20.5. The average molecular weight is 396 g/mol. The number of ketones is 1. The highest BCUT2D eigenvalue weighted by Gasteiger charge is 2.23. The van der Waals surface area contributed by atoms with Gasteiger partial charge < -0.3 is 15.5 Å². The average Bonchev–Trinajstić information content (AvgIpc) is 3.24. The van der Waals surface area contributed by atoms with Crippen LogP contribution in [0.1, 0.15) is 39.1 Å². The molecule has 1 unspecified atom stereocenters. The van der Waals surface area contributed by atoms with Gasteiger partial charge in [0.1, 0.15) is 5.69 Å². The first-order valence-corrected chi connectivity index (χ1v) is 9.49. The third-order valence-corrected chi connectivity index (χ3v) is 5.00. The lowest BCUT2D eigenvalue weighted by Crippen LogP contribution is -2.37. The minimum atomic E-state index is -0.515. The van der Waals surface area contributed by atoms with E-state index in [1.165, 1.54) is 6.07 Å². The zero-order valence-corrected chi connectivity index (χ0v) is 16.5. The van der Waals surface area contributed by atoms with Gasteiger partial charge in [-0.2, -0.15) is 0 Å². The van der Waals surface area contributed by atoms with E-state index in [-0.39, 0.29) is 34.3 Å². The highest BCUT2D eigenvalue weighted by atomic mass is 16.6. The highest BCUT2D eigenvalue weighted by Crippen LogP contribution is 2.29. The number of nitrogens with zero attached hydrogens (tertiary/aromatic N) is 2. The van der Waals surface area contributed by atoms with Crippen LogP contribution < -0.4 is 15.5 Å². The van der Waals surface area contributed by atoms with Gasteiger partial charge in [-0.3, -0.25) is 19.7 Å². The molecule has 8 nitrogen and oxygen atoms in total. The number of hydrogen-bond acceptors (Lipinski definition) is 6. The predicted molar refractivity (Wildman–Crippen MR) is 111 cm³/mol. The molecule has 2 N–H and O–H groups in total. The second kappa shape index (κ2) is 8.83. The summed E-state index contributed by atoms with van der Waals surface area (Å²) in [5.74, 6) is -0.759. The maximum atomic E-state index is 13.1. The highest BCUT2D eigenvalue weighted by molar-refractivity contribution is 6.15. The Bertz CT molecular complexity index is 936. The number of rotatable bonds is 7. The number of nitro groups is 1. The van der Waals surface area contributed by atoms with Gasteiger partial charge in [-0.25, -0.2) is 0 Å². The molecule has 2 aromatic carbocycles. The van der Waals surface area contributed by atoms with E-state index in [4.69, 9.17) is 0 Å². The fourth-order valence-electron chi connectivity index (χ4n) is 3.47. The van der Waals surface area contributed by atoms with Crippen molar-refractivity contribution >= 4 is 23.1 Å². The second-order valence-corrected chi connectivity index (χ2v) is 7.23. The van der Waals surface area contributed by atoms with E-state index in [0.717, 1.165) is 19.4 Å². The van der Waals surface area contributed by atoms with E-state index in [0.29, 0.717) is 12.2 Å². The van der Waals surface area contributed by atoms with Gasteiger partial charge in [0, 0.05) is 43.9 Å². The topological polar surface area (TPSA) is 105 Å². The van der Waals surface area contributed by atoms with Crippen molar-refractivity contribution in [3.63, 3.8) is 0 Å². The smallest absolute Gasteiger partial charge is 0.293 e. The Morgan fingerprint density at radius 2 is 1.93 bits per heavy atom. The van der Waals surface area contributed by atoms with Crippen molar-refractivity contribution < 1.29 is 14.5 Å². The minimum absolute atomic E-state index is 0.157. The molecule has 1 heterocycles. The van der Waals surface area contributed by atoms with Crippen LogP contribution in [0.2, 0.25) is 0 Å². The number of benzene rings is 2. The van der Waals surface area contributed by atoms with Crippen molar-refractivity contribution in [2.24, 2.45) is 0 Å². The molecule has 1 aliphatic rings. The van der Waals surface area contributed by atoms with Gasteiger partial charge in [0.25, 0.3) is 11.6 Å². The predicted octanol–water partition coefficient (Wildman–Crippen LogP) is 2.37. The summed E-state index contributed by atoms with van der Waals surface area (Å²) in [5.41, 5.74) is 0.892. The summed E-state index contributed by atoms with van der Waals surface area (Å²) in [4.78, 5) is 38.3. The van der Waals surface area contributed by atoms with Crippen molar-refractivity contribution in [1.82, 2.24) is 10.6 Å². The summed E-state index contributed by atoms with van der Waals surface area (Å²) < 4.78 is 0. The molecule has 1 aliphatic heterocycles. The van der Waals surface area contributed by atoms with Gasteiger partial charge >= 0.3 is 0 Å². The van der Waals surface area contributed by atoms with Crippen molar-refractivity contribution in [2.45, 2.75) is 18.9 Å². The van der Waals surface area contributed by atoms with Gasteiger partial charge in [0.15, 0.2) is 5.78 Å². The van der Waals surface area contributed by atoms with E-state index < -0.39 is 10.7 Å². The van der Waals surface area contributed by atoms with E-state index in [1.54, 1.807) is 55.4 Å². The number of nitrogens with one attached hydrogen (secondary N) is 2. The Hall–Kier alpha value is -3.26. The number of nitro benzene ring substituents is 1. The molecular formula is C21H24N4O4. The van der Waals surface area contributed by atoms with Crippen molar-refractivity contribution in [3.05, 3.63) is 69.3 Å². The zero-order valence-electron chi connectivity index (χ0n) is 16.5. The molecule has 0 aromatic heterocycles. The van der Waals surface area contributed by atoms with E-state index in [9.17, 15) is 19.7 Å². The molecule has 0 spiro atoms. The molecule has 29 heavy (non-hydrogen) atoms. The third kappa shape index (κ3) is 4.60. The number of carbonyl (C=O) groups is 2. The fourth-order valence-corrected chi connectivity index (χ4v) is 3.47. The van der Waals surface area contributed by atoms with Crippen molar-refractivity contribution in [2.75, 3.05) is 32.1 Å². The molecule has 0 radical (unpaired) electrons. The Morgan fingerprint density at radius 1 is 1.21 bits per heavy atom. The van der Waals surface area contributed by atoms with Crippen LogP contribution in [0, 0.1) is 10.1 Å². The van der Waals surface area contributed by atoms with Crippen LogP contribution in [0.3, 0.4) is 0 Å². The molecule has 3 rings (SSSR count). The van der Waals surface area contributed by atoms with Gasteiger partial charge in [-0.15, -0.1) is 0 Å². The Labute approximate surface area is 169 Å². The molecule has 0 aliphatic carbocycles. The van der Waals surface area contributed by atoms with Crippen LogP contribution >= 0.6 is 0 Å². The summed E-state index contributed by atoms with van der Waals surface area (Å²) in [5, 5.41) is 17.6. The van der Waals surface area contributed by atoms with Crippen molar-refractivity contribution in [3.8, 4) is 0 Å². The summed E-state index contributed by atoms with van der Waals surface area (Å²) >= 11 is 0. The van der Waals surface area contributed by atoms with E-state index in [2.05, 4.69) is 10.6 Å². The van der Waals surface area contributed by atoms with Crippen LogP contribution in [0.15, 0.2) is 42.5 Å². The molecule has 0 bridgehead atoms. The number of hydrogen-bond donors (Lipinski definition) is 2. The fraction of sp³-hybridized carbons (Fsp3) is 0.333. The number of amides is 1. The lowest BCUT2D eigenvalue weighted by molar-refractivity contribution is -0.384. The van der Waals surface area contributed by atoms with Crippen LogP contribution in [0.4, 0.5) is 11.4 Å². The minimum Gasteiger partial charge on any atom is -0.372 e. The van der Waals surface area contributed by atoms with Crippen LogP contribution in [-0.2, 0) is 0 Å². The quantitative estimate of drug-likeness (QED) is 0.423. The van der Waals surface area contributed by atoms with Crippen LogP contribution in [0.25, 0.3) is 0 Å². The summed E-state index contributed by atoms with van der Waals surface area (Å²) in [6.07, 6.45) is 2.08. The molecule has 1 amide bonds. The van der Waals surface area contributed by atoms with Gasteiger partial charge in [-0.1, -0.05) is 18.2 Å². The van der Waals surface area contributed by atoms with E-state index >= 15 is 0 Å². The molecule has 1 fully saturated rings. The maximum Gasteiger partial charge on any atom is 0.293 e. The van der Waals surface area contributed by atoms with E-state index in [1.807, 2.05) is 0 Å². The van der Waals surface area contributed by atoms with Gasteiger partial charge in [0.05, 0.1) is 10.5 Å². The second-order valence-electron chi connectivity index (χ2n) is 7.23. The van der Waals surface area contributed by atoms with Gasteiger partial charge in [-0.05, 0) is 37.6 Å². The lowest BCUT2D eigenvalue weighted by Gasteiger charge is -2.15. The summed E-state index contributed by atoms with van der Waals surface area (Å²) in [6.45, 7) is 1.43. The lowest BCUT2D eigenvalue weighted by atomic mass is 9.97. The molecule has 0 saturated carbocycles. The Kier molecular flexibility index (Phi) is 6.23. The largest absolute Gasteiger partial charge is 0.372 e. The molecule has 8 heteroatoms. The summed E-state index contributed by atoms with van der Waals surface area (Å²) in [6, 6.07) is 11.1. The maximum absolute atomic E-state index is 13.1. The van der Waals surface area contributed by atoms with Gasteiger partial charge in [0.2, 0.25) is 0 Å². The molecular weight excluding hydrogens is 372 g/mol. The van der Waals surface area contributed by atoms with Crippen LogP contribution in [0.5, 0.6) is 0 Å². The monoisotopic (exact) mass is 396 g/mol. The first-order chi connectivity index (χ1) is 13.9. The third-order valence-electron chi connectivity index (χ3n) is 5.00. The standard InChI is InChI=1S/C21H24N4O4/c1-24(2)18-10-9-14(12-19(18)25(28)29)20(26)16-7-3-4-8-17(16)21(27)23-13-15-6-5-11-22-15/h3-4,7-10,12,15,22H,5-6,11,13H2,1-2H3,(H,23,27). The molecule has 2 aromatic rings. The van der Waals surface area contributed by atoms with Crippen molar-refractivity contribution in [1.29, 1.82) is 0 Å². The Morgan fingerprint density at radius 3 is 2.55 bits per heavy atom. The number of carbonyl (C=O) groups excluding carboxylic acids is 2. The molecule has 1 saturated heterocycles. The molecule has 1 atom stereocenters. The SMILES string of the molecule is CN(C)c1ccc(C(=O)c2ccccc2C(=O)NCC2CCCN2)cc1[N+](=O)[O-].